The van der Waals surface area contributed by atoms with Gasteiger partial charge in [-0.1, -0.05) is 6.42 Å². The first-order chi connectivity index (χ1) is 4.75. The third-order valence-corrected chi connectivity index (χ3v) is 2.48. The van der Waals surface area contributed by atoms with Crippen LogP contribution < -0.4 is 5.73 Å². The second-order valence-corrected chi connectivity index (χ2v) is 3.14. The first-order valence-electron chi connectivity index (χ1n) is 3.96. The van der Waals surface area contributed by atoms with Crippen LogP contribution >= 0.6 is 0 Å². The van der Waals surface area contributed by atoms with Crippen molar-refractivity contribution in [3.8, 4) is 0 Å². The predicted molar refractivity (Wildman–Crippen MR) is 40.6 cm³/mol. The molecule has 2 N–H and O–H groups in total. The van der Waals surface area contributed by atoms with Gasteiger partial charge in [-0.3, -0.25) is 4.79 Å². The highest BCUT2D eigenvalue weighted by molar-refractivity contribution is 5.78. The first kappa shape index (κ1) is 7.73. The van der Waals surface area contributed by atoms with Crippen LogP contribution in [0, 0.1) is 11.8 Å². The van der Waals surface area contributed by atoms with Gasteiger partial charge < -0.3 is 5.73 Å². The summed E-state index contributed by atoms with van der Waals surface area (Å²) in [5.41, 5.74) is 5.51. The monoisotopic (exact) mass is 141 g/mol. The van der Waals surface area contributed by atoms with Gasteiger partial charge in [0.2, 0.25) is 0 Å². The minimum Gasteiger partial charge on any atom is -0.330 e. The molecular weight excluding hydrogens is 126 g/mol. The Labute approximate surface area is 61.8 Å². The zero-order chi connectivity index (χ0) is 7.56. The van der Waals surface area contributed by atoms with E-state index in [-0.39, 0.29) is 5.92 Å². The summed E-state index contributed by atoms with van der Waals surface area (Å²) in [5, 5.41) is 0. The molecule has 58 valence electrons. The Morgan fingerprint density at radius 2 is 2.30 bits per heavy atom. The van der Waals surface area contributed by atoms with E-state index in [0.29, 0.717) is 18.2 Å². The van der Waals surface area contributed by atoms with Crippen molar-refractivity contribution < 1.29 is 4.79 Å². The molecule has 0 amide bonds. The summed E-state index contributed by atoms with van der Waals surface area (Å²) in [6.07, 6.45) is 3.41. The average molecular weight is 141 g/mol. The van der Waals surface area contributed by atoms with Crippen LogP contribution in [0.25, 0.3) is 0 Å². The molecule has 0 unspecified atom stereocenters. The second kappa shape index (κ2) is 3.15. The van der Waals surface area contributed by atoms with E-state index in [1.54, 1.807) is 6.92 Å². The lowest BCUT2D eigenvalue weighted by Gasteiger charge is -2.13. The molecule has 0 aromatic heterocycles. The van der Waals surface area contributed by atoms with Gasteiger partial charge in [0.25, 0.3) is 0 Å². The van der Waals surface area contributed by atoms with Crippen LogP contribution in [-0.2, 0) is 4.79 Å². The first-order valence-corrected chi connectivity index (χ1v) is 3.96. The van der Waals surface area contributed by atoms with E-state index < -0.39 is 0 Å². The Morgan fingerprint density at radius 1 is 1.60 bits per heavy atom. The molecule has 0 aromatic carbocycles. The van der Waals surface area contributed by atoms with Gasteiger partial charge in [0.05, 0.1) is 0 Å². The molecule has 0 saturated heterocycles. The topological polar surface area (TPSA) is 43.1 Å². The molecule has 0 aliphatic heterocycles. The summed E-state index contributed by atoms with van der Waals surface area (Å²) < 4.78 is 0. The van der Waals surface area contributed by atoms with Crippen LogP contribution in [0.3, 0.4) is 0 Å². The third-order valence-electron chi connectivity index (χ3n) is 2.48. The molecule has 0 spiro atoms. The Hall–Kier alpha value is -0.370. The number of nitrogens with two attached hydrogens (primary N) is 1. The van der Waals surface area contributed by atoms with Crippen molar-refractivity contribution in [1.29, 1.82) is 0 Å². The molecule has 1 aliphatic carbocycles. The lowest BCUT2D eigenvalue weighted by atomic mass is 9.93. The number of hydrogen-bond acceptors (Lipinski definition) is 2. The minimum absolute atomic E-state index is 0.282. The maximum absolute atomic E-state index is 11.0. The molecule has 1 rings (SSSR count). The van der Waals surface area contributed by atoms with E-state index in [9.17, 15) is 4.79 Å². The number of ketones is 1. The standard InChI is InChI=1S/C8H15NO/c1-6(10)8-4-2-3-7(8)5-9/h7-8H,2-5,9H2,1H3/t7-,8-/m0/s1. The molecule has 2 nitrogen and oxygen atoms in total. The van der Waals surface area contributed by atoms with Gasteiger partial charge >= 0.3 is 0 Å². The van der Waals surface area contributed by atoms with Crippen molar-refractivity contribution in [2.75, 3.05) is 6.54 Å². The van der Waals surface area contributed by atoms with Crippen LogP contribution in [0.15, 0.2) is 0 Å². The zero-order valence-corrected chi connectivity index (χ0v) is 6.47. The summed E-state index contributed by atoms with van der Waals surface area (Å²) in [6.45, 7) is 2.36. The molecule has 1 saturated carbocycles. The molecule has 0 heterocycles. The molecule has 0 bridgehead atoms. The summed E-state index contributed by atoms with van der Waals surface area (Å²) in [6, 6.07) is 0. The summed E-state index contributed by atoms with van der Waals surface area (Å²) in [4.78, 5) is 11.0. The van der Waals surface area contributed by atoms with Crippen molar-refractivity contribution in [1.82, 2.24) is 0 Å². The van der Waals surface area contributed by atoms with E-state index >= 15 is 0 Å². The average Bonchev–Trinajstić information content (AvgIpc) is 2.33. The van der Waals surface area contributed by atoms with Crippen molar-refractivity contribution >= 4 is 5.78 Å². The maximum Gasteiger partial charge on any atom is 0.133 e. The van der Waals surface area contributed by atoms with Crippen LogP contribution in [0.1, 0.15) is 26.2 Å². The Kier molecular flexibility index (Phi) is 2.44. The summed E-state index contributed by atoms with van der Waals surface area (Å²) in [5.74, 6) is 1.09. The lowest BCUT2D eigenvalue weighted by molar-refractivity contribution is -0.121. The smallest absolute Gasteiger partial charge is 0.133 e. The minimum atomic E-state index is 0.282. The van der Waals surface area contributed by atoms with Crippen LogP contribution in [0.5, 0.6) is 0 Å². The summed E-state index contributed by atoms with van der Waals surface area (Å²) >= 11 is 0. The molecule has 1 aliphatic rings. The molecule has 2 atom stereocenters. The van der Waals surface area contributed by atoms with E-state index in [0.717, 1.165) is 12.8 Å². The van der Waals surface area contributed by atoms with E-state index in [1.165, 1.54) is 6.42 Å². The van der Waals surface area contributed by atoms with Gasteiger partial charge in [0.1, 0.15) is 5.78 Å². The molecule has 10 heavy (non-hydrogen) atoms. The highest BCUT2D eigenvalue weighted by Gasteiger charge is 2.28. The molecule has 0 radical (unpaired) electrons. The predicted octanol–water partition coefficient (Wildman–Crippen LogP) is 0.950. The van der Waals surface area contributed by atoms with Gasteiger partial charge in [-0.15, -0.1) is 0 Å². The third kappa shape index (κ3) is 1.37. The van der Waals surface area contributed by atoms with Gasteiger partial charge in [-0.2, -0.15) is 0 Å². The Bertz CT molecular complexity index is 133. The van der Waals surface area contributed by atoms with Gasteiger partial charge in [-0.05, 0) is 32.2 Å². The molecule has 0 aromatic rings. The van der Waals surface area contributed by atoms with Crippen molar-refractivity contribution in [2.24, 2.45) is 17.6 Å². The highest BCUT2D eigenvalue weighted by atomic mass is 16.1. The van der Waals surface area contributed by atoms with Crippen LogP contribution in [0.4, 0.5) is 0 Å². The fourth-order valence-corrected chi connectivity index (χ4v) is 1.85. The SMILES string of the molecule is CC(=O)[C@@H]1CCC[C@H]1CN. The van der Waals surface area contributed by atoms with Crippen LogP contribution in [-0.4, -0.2) is 12.3 Å². The number of carbonyl (C=O) groups is 1. The molecular formula is C8H15NO. The number of rotatable bonds is 2. The van der Waals surface area contributed by atoms with Crippen molar-refractivity contribution in [3.05, 3.63) is 0 Å². The van der Waals surface area contributed by atoms with Gasteiger partial charge in [0.15, 0.2) is 0 Å². The number of hydrogen-bond donors (Lipinski definition) is 1. The Morgan fingerprint density at radius 3 is 2.70 bits per heavy atom. The summed E-state index contributed by atoms with van der Waals surface area (Å²) in [7, 11) is 0. The highest BCUT2D eigenvalue weighted by Crippen LogP contribution is 2.31. The van der Waals surface area contributed by atoms with Gasteiger partial charge in [0, 0.05) is 5.92 Å². The largest absolute Gasteiger partial charge is 0.330 e. The number of Topliss-reactive ketones (excluding diaryl/α,β-unsaturated/α-hetero) is 1. The molecule has 1 fully saturated rings. The quantitative estimate of drug-likeness (QED) is 0.622. The molecule has 2 heteroatoms. The van der Waals surface area contributed by atoms with E-state index in [2.05, 4.69) is 0 Å². The van der Waals surface area contributed by atoms with Crippen LogP contribution in [0.2, 0.25) is 0 Å². The lowest BCUT2D eigenvalue weighted by Crippen LogP contribution is -2.23. The Balaban J connectivity index is 2.50. The zero-order valence-electron chi connectivity index (χ0n) is 6.47. The second-order valence-electron chi connectivity index (χ2n) is 3.14. The maximum atomic E-state index is 11.0. The normalized spacial score (nSPS) is 32.6. The van der Waals surface area contributed by atoms with E-state index in [4.69, 9.17) is 5.73 Å². The number of carbonyl (C=O) groups excluding carboxylic acids is 1. The fraction of sp³-hybridized carbons (Fsp3) is 0.875. The van der Waals surface area contributed by atoms with Crippen molar-refractivity contribution in [3.63, 3.8) is 0 Å². The van der Waals surface area contributed by atoms with E-state index in [1.807, 2.05) is 0 Å². The van der Waals surface area contributed by atoms with Gasteiger partial charge in [-0.25, -0.2) is 0 Å². The fourth-order valence-electron chi connectivity index (χ4n) is 1.85. The van der Waals surface area contributed by atoms with Crippen molar-refractivity contribution in [2.45, 2.75) is 26.2 Å².